The van der Waals surface area contributed by atoms with Gasteiger partial charge >= 0.3 is 12.2 Å². The average Bonchev–Trinajstić information content (AvgIpc) is 2.91. The zero-order valence-electron chi connectivity index (χ0n) is 20.2. The van der Waals surface area contributed by atoms with Crippen LogP contribution < -0.4 is 10.6 Å². The maximum atomic E-state index is 13.1. The highest BCUT2D eigenvalue weighted by atomic mass is 16.6. The summed E-state index contributed by atoms with van der Waals surface area (Å²) >= 11 is 0. The summed E-state index contributed by atoms with van der Waals surface area (Å²) in [5.74, 6) is 0.268. The monoisotopic (exact) mass is 453 g/mol. The minimum atomic E-state index is -0.582. The number of carbonyl (C=O) groups is 2. The van der Waals surface area contributed by atoms with E-state index in [-0.39, 0.29) is 18.1 Å². The summed E-state index contributed by atoms with van der Waals surface area (Å²) in [6.45, 7) is 10.9. The number of fused-ring (bicyclic) bond motifs is 1. The van der Waals surface area contributed by atoms with E-state index in [1.807, 2.05) is 71.0 Å². The third kappa shape index (κ3) is 7.41. The summed E-state index contributed by atoms with van der Waals surface area (Å²) in [6, 6.07) is 15.6. The zero-order valence-corrected chi connectivity index (χ0v) is 20.2. The molecule has 2 N–H and O–H groups in total. The predicted octanol–water partition coefficient (Wildman–Crippen LogP) is 5.67. The van der Waals surface area contributed by atoms with Gasteiger partial charge in [0.25, 0.3) is 0 Å². The largest absolute Gasteiger partial charge is 0.449 e. The van der Waals surface area contributed by atoms with E-state index in [0.717, 1.165) is 16.8 Å². The molecule has 7 nitrogen and oxygen atoms in total. The van der Waals surface area contributed by atoms with Crippen molar-refractivity contribution in [2.24, 2.45) is 5.92 Å². The second kappa shape index (κ2) is 10.6. The van der Waals surface area contributed by atoms with Gasteiger partial charge in [-0.25, -0.2) is 9.59 Å². The van der Waals surface area contributed by atoms with E-state index in [1.165, 1.54) is 0 Å². The SMILES string of the molecule is CC(C)COC(=O)Nc1ccc2c(c1)NCC(Cc1ccccc1)N(C(=O)OC(C)(C)C)C2. The number of hydrogen-bond donors (Lipinski definition) is 2. The van der Waals surface area contributed by atoms with Crippen LogP contribution in [0, 0.1) is 5.92 Å². The second-order valence-corrected chi connectivity index (χ2v) is 9.82. The first-order chi connectivity index (χ1) is 15.6. The van der Waals surface area contributed by atoms with Crippen LogP contribution in [-0.4, -0.2) is 41.9 Å². The zero-order chi connectivity index (χ0) is 24.0. The maximum absolute atomic E-state index is 13.1. The average molecular weight is 454 g/mol. The molecular formula is C26H35N3O4. The van der Waals surface area contributed by atoms with Crippen molar-refractivity contribution >= 4 is 23.6 Å². The normalized spacial score (nSPS) is 15.8. The number of amides is 2. The number of nitrogens with one attached hydrogen (secondary N) is 2. The smallest absolute Gasteiger partial charge is 0.411 e. The van der Waals surface area contributed by atoms with E-state index in [9.17, 15) is 9.59 Å². The van der Waals surface area contributed by atoms with Crippen LogP contribution in [0.15, 0.2) is 48.5 Å². The minimum Gasteiger partial charge on any atom is -0.449 e. The molecule has 1 aliphatic heterocycles. The van der Waals surface area contributed by atoms with Gasteiger partial charge in [-0.05, 0) is 56.4 Å². The second-order valence-electron chi connectivity index (χ2n) is 9.82. The van der Waals surface area contributed by atoms with Gasteiger partial charge in [-0.1, -0.05) is 50.2 Å². The molecule has 0 aliphatic carbocycles. The molecule has 1 aliphatic rings. The number of benzene rings is 2. The van der Waals surface area contributed by atoms with E-state index >= 15 is 0 Å². The summed E-state index contributed by atoms with van der Waals surface area (Å²) < 4.78 is 10.9. The molecule has 0 spiro atoms. The van der Waals surface area contributed by atoms with Crippen molar-refractivity contribution in [1.29, 1.82) is 0 Å². The number of nitrogens with zero attached hydrogens (tertiary/aromatic N) is 1. The summed E-state index contributed by atoms with van der Waals surface area (Å²) in [5, 5.41) is 6.24. The molecule has 1 unspecified atom stereocenters. The van der Waals surface area contributed by atoms with E-state index < -0.39 is 11.7 Å². The molecule has 0 radical (unpaired) electrons. The van der Waals surface area contributed by atoms with Crippen LogP contribution >= 0.6 is 0 Å². The van der Waals surface area contributed by atoms with Gasteiger partial charge in [-0.15, -0.1) is 0 Å². The Bertz CT molecular complexity index is 954. The fourth-order valence-electron chi connectivity index (χ4n) is 3.61. The molecule has 0 saturated heterocycles. The summed E-state index contributed by atoms with van der Waals surface area (Å²) in [5.41, 5.74) is 3.04. The highest BCUT2D eigenvalue weighted by Crippen LogP contribution is 2.28. The molecule has 2 aromatic carbocycles. The van der Waals surface area contributed by atoms with Gasteiger partial charge in [-0.2, -0.15) is 0 Å². The lowest BCUT2D eigenvalue weighted by Gasteiger charge is -2.32. The van der Waals surface area contributed by atoms with Crippen molar-refractivity contribution in [1.82, 2.24) is 4.90 Å². The number of rotatable bonds is 5. The van der Waals surface area contributed by atoms with E-state index in [0.29, 0.717) is 31.8 Å². The van der Waals surface area contributed by atoms with Gasteiger partial charge in [-0.3, -0.25) is 10.2 Å². The molecule has 2 aromatic rings. The Labute approximate surface area is 196 Å². The molecule has 33 heavy (non-hydrogen) atoms. The summed E-state index contributed by atoms with van der Waals surface area (Å²) in [7, 11) is 0. The Morgan fingerprint density at radius 3 is 2.55 bits per heavy atom. The van der Waals surface area contributed by atoms with Crippen LogP contribution in [0.4, 0.5) is 21.0 Å². The first-order valence-corrected chi connectivity index (χ1v) is 11.4. The molecule has 0 bridgehead atoms. The molecule has 1 atom stereocenters. The molecule has 1 heterocycles. The van der Waals surface area contributed by atoms with Gasteiger partial charge in [0.1, 0.15) is 5.60 Å². The lowest BCUT2D eigenvalue weighted by molar-refractivity contribution is 0.0156. The van der Waals surface area contributed by atoms with E-state index in [4.69, 9.17) is 9.47 Å². The summed E-state index contributed by atoms with van der Waals surface area (Å²) in [6.07, 6.45) is -0.111. The Hall–Kier alpha value is -3.22. The molecule has 178 valence electrons. The third-order valence-electron chi connectivity index (χ3n) is 5.16. The molecule has 3 rings (SSSR count). The van der Waals surface area contributed by atoms with Gasteiger partial charge in [0.2, 0.25) is 0 Å². The first kappa shape index (κ1) is 24.4. The fourth-order valence-corrected chi connectivity index (χ4v) is 3.61. The van der Waals surface area contributed by atoms with Crippen LogP contribution in [0.5, 0.6) is 0 Å². The summed E-state index contributed by atoms with van der Waals surface area (Å²) in [4.78, 5) is 27.0. The van der Waals surface area contributed by atoms with Crippen LogP contribution in [0.3, 0.4) is 0 Å². The Morgan fingerprint density at radius 1 is 1.15 bits per heavy atom. The van der Waals surface area contributed by atoms with Gasteiger partial charge in [0.15, 0.2) is 0 Å². The topological polar surface area (TPSA) is 79.9 Å². The Morgan fingerprint density at radius 2 is 1.88 bits per heavy atom. The van der Waals surface area contributed by atoms with Crippen molar-refractivity contribution < 1.29 is 19.1 Å². The van der Waals surface area contributed by atoms with E-state index in [2.05, 4.69) is 22.8 Å². The standard InChI is InChI=1S/C26H35N3O4/c1-18(2)17-32-24(30)28-21-12-11-20-16-29(25(31)33-26(3,4)5)22(15-27-23(20)14-21)13-19-9-7-6-8-10-19/h6-12,14,18,22,27H,13,15-17H2,1-5H3,(H,28,30). The highest BCUT2D eigenvalue weighted by molar-refractivity contribution is 5.85. The predicted molar refractivity (Wildman–Crippen MR) is 130 cm³/mol. The Balaban J connectivity index is 1.80. The molecule has 7 heteroatoms. The minimum absolute atomic E-state index is 0.0953. The lowest BCUT2D eigenvalue weighted by Crippen LogP contribution is -2.45. The van der Waals surface area contributed by atoms with Crippen molar-refractivity contribution in [3.63, 3.8) is 0 Å². The quantitative estimate of drug-likeness (QED) is 0.610. The molecule has 0 aromatic heterocycles. The van der Waals surface area contributed by atoms with E-state index in [1.54, 1.807) is 4.90 Å². The van der Waals surface area contributed by atoms with Crippen molar-refractivity contribution in [2.45, 2.75) is 59.2 Å². The molecule has 0 saturated carbocycles. The van der Waals surface area contributed by atoms with Gasteiger partial charge in [0.05, 0.1) is 19.2 Å². The third-order valence-corrected chi connectivity index (χ3v) is 5.16. The van der Waals surface area contributed by atoms with Crippen LogP contribution in [0.1, 0.15) is 45.7 Å². The van der Waals surface area contributed by atoms with Crippen LogP contribution in [0.2, 0.25) is 0 Å². The van der Waals surface area contributed by atoms with Crippen molar-refractivity contribution in [2.75, 3.05) is 23.8 Å². The maximum Gasteiger partial charge on any atom is 0.411 e. The Kier molecular flexibility index (Phi) is 7.84. The van der Waals surface area contributed by atoms with Crippen molar-refractivity contribution in [3.8, 4) is 0 Å². The lowest BCUT2D eigenvalue weighted by atomic mass is 10.0. The van der Waals surface area contributed by atoms with Crippen LogP contribution in [0.25, 0.3) is 0 Å². The fraction of sp³-hybridized carbons (Fsp3) is 0.462. The number of carbonyl (C=O) groups excluding carboxylic acids is 2. The highest BCUT2D eigenvalue weighted by Gasteiger charge is 2.31. The number of hydrogen-bond acceptors (Lipinski definition) is 5. The molecule has 2 amide bonds. The van der Waals surface area contributed by atoms with Crippen LogP contribution in [-0.2, 0) is 22.4 Å². The van der Waals surface area contributed by atoms with Gasteiger partial charge in [0, 0.05) is 17.9 Å². The molecule has 0 fully saturated rings. The van der Waals surface area contributed by atoms with Crippen molar-refractivity contribution in [3.05, 3.63) is 59.7 Å². The number of ether oxygens (including phenoxy) is 2. The molecular weight excluding hydrogens is 418 g/mol. The van der Waals surface area contributed by atoms with Gasteiger partial charge < -0.3 is 14.8 Å². The first-order valence-electron chi connectivity index (χ1n) is 11.4. The number of anilines is 2.